The van der Waals surface area contributed by atoms with Crippen molar-refractivity contribution in [2.75, 3.05) is 13.1 Å². The largest absolute Gasteiger partial charge is 0.355 e. The first-order valence-electron chi connectivity index (χ1n) is 13.1. The van der Waals surface area contributed by atoms with Crippen LogP contribution < -0.4 is 5.32 Å². The molecule has 1 N–H and O–H groups in total. The van der Waals surface area contributed by atoms with E-state index >= 15 is 4.39 Å². The fraction of sp³-hybridized carbons (Fsp3) is 0.429. The monoisotopic (exact) mass is 551 g/mol. The first kappa shape index (κ1) is 26.9. The Labute approximate surface area is 231 Å². The van der Waals surface area contributed by atoms with Crippen molar-refractivity contribution in [2.45, 2.75) is 57.9 Å². The number of pyridine rings is 1. The molecule has 204 valence electrons. The lowest BCUT2D eigenvalue weighted by Gasteiger charge is -2.35. The number of amides is 2. The normalized spacial score (nSPS) is 22.0. The third-order valence-corrected chi connectivity index (χ3v) is 8.03. The van der Waals surface area contributed by atoms with Gasteiger partial charge in [-0.2, -0.15) is 4.68 Å². The molecule has 39 heavy (non-hydrogen) atoms. The Morgan fingerprint density at radius 1 is 1.18 bits per heavy atom. The summed E-state index contributed by atoms with van der Waals surface area (Å²) >= 11 is 6.13. The third kappa shape index (κ3) is 5.43. The highest BCUT2D eigenvalue weighted by atomic mass is 35.5. The average molecular weight is 552 g/mol. The predicted molar refractivity (Wildman–Crippen MR) is 144 cm³/mol. The van der Waals surface area contributed by atoms with E-state index in [1.54, 1.807) is 17.2 Å². The first-order chi connectivity index (χ1) is 18.7. The summed E-state index contributed by atoms with van der Waals surface area (Å²) in [5, 5.41) is 14.2. The Morgan fingerprint density at radius 3 is 2.74 bits per heavy atom. The highest BCUT2D eigenvalue weighted by Crippen LogP contribution is 2.37. The van der Waals surface area contributed by atoms with Gasteiger partial charge in [0.15, 0.2) is 5.82 Å². The van der Waals surface area contributed by atoms with E-state index < -0.39 is 5.82 Å². The molecule has 0 fully saturated rings. The van der Waals surface area contributed by atoms with Crippen LogP contribution in [0.25, 0.3) is 11.3 Å². The molecule has 2 aromatic heterocycles. The molecule has 2 bridgehead atoms. The molecule has 0 aliphatic carbocycles. The molecule has 1 aromatic carbocycles. The molecule has 0 saturated carbocycles. The molecule has 2 atom stereocenters. The highest BCUT2D eigenvalue weighted by Gasteiger charge is 2.32. The summed E-state index contributed by atoms with van der Waals surface area (Å²) in [6.07, 6.45) is 7.15. The zero-order valence-electron chi connectivity index (χ0n) is 22.2. The maximum absolute atomic E-state index is 15.3. The van der Waals surface area contributed by atoms with Crippen molar-refractivity contribution in [3.63, 3.8) is 0 Å². The third-order valence-electron chi connectivity index (χ3n) is 7.74. The van der Waals surface area contributed by atoms with E-state index in [2.05, 4.69) is 39.7 Å². The minimum Gasteiger partial charge on any atom is -0.355 e. The number of fused-ring (bicyclic) bond motifs is 2. The number of nitrogens with one attached hydrogen (secondary N) is 1. The summed E-state index contributed by atoms with van der Waals surface area (Å²) in [4.78, 5) is 32.8. The SMILES string of the molecule is C[C@@H]1CCC[C@H](N2CCC(c3c(-n4cnnn4)ccc(Cl)c3F)=CC2=O)c2cc(ccn2)C(C)(C)CNC1=O. The van der Waals surface area contributed by atoms with Crippen molar-refractivity contribution in [1.82, 2.24) is 35.4 Å². The lowest BCUT2D eigenvalue weighted by Crippen LogP contribution is -2.40. The Hall–Kier alpha value is -3.66. The van der Waals surface area contributed by atoms with Gasteiger partial charge >= 0.3 is 0 Å². The highest BCUT2D eigenvalue weighted by molar-refractivity contribution is 6.31. The molecule has 2 aliphatic rings. The fourth-order valence-corrected chi connectivity index (χ4v) is 5.48. The Morgan fingerprint density at radius 2 is 2.00 bits per heavy atom. The number of benzene rings is 1. The lowest BCUT2D eigenvalue weighted by molar-refractivity contribution is -0.129. The molecule has 0 unspecified atom stereocenters. The molecule has 2 amide bonds. The number of rotatable bonds is 3. The van der Waals surface area contributed by atoms with Crippen molar-refractivity contribution in [3.8, 4) is 5.69 Å². The van der Waals surface area contributed by atoms with Crippen LogP contribution in [0.3, 0.4) is 0 Å². The smallest absolute Gasteiger partial charge is 0.247 e. The zero-order chi connectivity index (χ0) is 27.7. The first-order valence-corrected chi connectivity index (χ1v) is 13.5. The van der Waals surface area contributed by atoms with Gasteiger partial charge in [0.2, 0.25) is 11.8 Å². The molecule has 2 aliphatic heterocycles. The second-order valence-corrected chi connectivity index (χ2v) is 11.3. The van der Waals surface area contributed by atoms with Crippen LogP contribution in [0.1, 0.15) is 69.3 Å². The van der Waals surface area contributed by atoms with Gasteiger partial charge in [0, 0.05) is 42.3 Å². The minimum absolute atomic E-state index is 0.0398. The van der Waals surface area contributed by atoms with Gasteiger partial charge in [0.05, 0.1) is 22.4 Å². The molecular weight excluding hydrogens is 521 g/mol. The maximum atomic E-state index is 15.3. The summed E-state index contributed by atoms with van der Waals surface area (Å²) in [5.41, 5.74) is 2.69. The molecular formula is C28H31ClFN7O2. The maximum Gasteiger partial charge on any atom is 0.247 e. The van der Waals surface area contributed by atoms with Gasteiger partial charge in [-0.1, -0.05) is 38.8 Å². The molecule has 0 radical (unpaired) electrons. The van der Waals surface area contributed by atoms with Gasteiger partial charge < -0.3 is 10.2 Å². The lowest BCUT2D eigenvalue weighted by atomic mass is 9.83. The number of tetrazole rings is 1. The predicted octanol–water partition coefficient (Wildman–Crippen LogP) is 4.42. The molecule has 0 saturated heterocycles. The van der Waals surface area contributed by atoms with Crippen LogP contribution in [0.5, 0.6) is 0 Å². The molecule has 3 aromatic rings. The van der Waals surface area contributed by atoms with Gasteiger partial charge in [-0.05, 0) is 65.1 Å². The number of halogens is 2. The van der Waals surface area contributed by atoms with E-state index in [9.17, 15) is 9.59 Å². The van der Waals surface area contributed by atoms with Crippen LogP contribution >= 0.6 is 11.6 Å². The van der Waals surface area contributed by atoms with Gasteiger partial charge in [-0.15, -0.1) is 5.10 Å². The van der Waals surface area contributed by atoms with Gasteiger partial charge in [0.25, 0.3) is 0 Å². The summed E-state index contributed by atoms with van der Waals surface area (Å²) in [6.45, 7) is 6.99. The quantitative estimate of drug-likeness (QED) is 0.516. The Kier molecular flexibility index (Phi) is 7.48. The summed E-state index contributed by atoms with van der Waals surface area (Å²) in [7, 11) is 0. The molecule has 5 rings (SSSR count). The summed E-state index contributed by atoms with van der Waals surface area (Å²) < 4.78 is 16.7. The van der Waals surface area contributed by atoms with Crippen molar-refractivity contribution in [3.05, 3.63) is 70.5 Å². The van der Waals surface area contributed by atoms with Crippen LogP contribution in [0.2, 0.25) is 5.02 Å². The Balaban J connectivity index is 1.50. The van der Waals surface area contributed by atoms with Crippen LogP contribution in [0, 0.1) is 11.7 Å². The number of carbonyl (C=O) groups excluding carboxylic acids is 2. The topological polar surface area (TPSA) is 106 Å². The Bertz CT molecular complexity index is 1420. The minimum atomic E-state index is -0.618. The van der Waals surface area contributed by atoms with E-state index in [-0.39, 0.29) is 39.8 Å². The van der Waals surface area contributed by atoms with Crippen LogP contribution in [-0.2, 0) is 15.0 Å². The number of carbonyl (C=O) groups is 2. The van der Waals surface area contributed by atoms with Crippen LogP contribution in [0.15, 0.2) is 42.9 Å². The van der Waals surface area contributed by atoms with Crippen molar-refractivity contribution < 1.29 is 14.0 Å². The fourth-order valence-electron chi connectivity index (χ4n) is 5.32. The van der Waals surface area contributed by atoms with Crippen LogP contribution in [-0.4, -0.2) is 55.0 Å². The van der Waals surface area contributed by atoms with Gasteiger partial charge in [0.1, 0.15) is 6.33 Å². The zero-order valence-corrected chi connectivity index (χ0v) is 23.0. The average Bonchev–Trinajstić information content (AvgIpc) is 3.46. The second kappa shape index (κ2) is 10.8. The van der Waals surface area contributed by atoms with E-state index in [1.165, 1.54) is 23.2 Å². The van der Waals surface area contributed by atoms with E-state index in [0.29, 0.717) is 43.6 Å². The van der Waals surface area contributed by atoms with Crippen molar-refractivity contribution in [2.24, 2.45) is 5.92 Å². The van der Waals surface area contributed by atoms with Gasteiger partial charge in [-0.3, -0.25) is 14.6 Å². The van der Waals surface area contributed by atoms with E-state index in [4.69, 9.17) is 11.6 Å². The number of hydrogen-bond donors (Lipinski definition) is 1. The molecule has 9 nitrogen and oxygen atoms in total. The van der Waals surface area contributed by atoms with Crippen molar-refractivity contribution >= 4 is 29.0 Å². The molecule has 11 heteroatoms. The van der Waals surface area contributed by atoms with Gasteiger partial charge in [-0.25, -0.2) is 4.39 Å². The summed E-state index contributed by atoms with van der Waals surface area (Å²) in [6, 6.07) is 6.81. The second-order valence-electron chi connectivity index (χ2n) is 10.9. The standard InChI is InChI=1S/C28H31ClFN7O2/c1-17-5-4-6-22(21-14-19(9-11-31-21)28(2,3)15-32-27(17)39)36-12-10-18(13-24(36)38)25-23(37-16-33-34-35-37)8-7-20(29)26(25)30/h7-9,11,13-14,16-17,22H,4-6,10,12,15H2,1-3H3,(H,32,39)/t17-,22+/m1/s1. The molecule has 0 spiro atoms. The number of aromatic nitrogens is 5. The van der Waals surface area contributed by atoms with E-state index in [0.717, 1.165) is 17.7 Å². The van der Waals surface area contributed by atoms with E-state index in [1.807, 2.05) is 19.1 Å². The number of nitrogens with zero attached hydrogens (tertiary/aromatic N) is 6. The van der Waals surface area contributed by atoms with Crippen molar-refractivity contribution in [1.29, 1.82) is 0 Å². The summed E-state index contributed by atoms with van der Waals surface area (Å²) in [5.74, 6) is -0.941. The molecule has 4 heterocycles. The van der Waals surface area contributed by atoms with Crippen LogP contribution in [0.4, 0.5) is 4.39 Å². The number of hydrogen-bond acceptors (Lipinski definition) is 6.